The van der Waals surface area contributed by atoms with Crippen molar-refractivity contribution in [3.8, 4) is 0 Å². The molecule has 3 heterocycles. The van der Waals surface area contributed by atoms with E-state index in [0.717, 1.165) is 47.1 Å². The fourth-order valence-corrected chi connectivity index (χ4v) is 6.04. The number of aromatic nitrogens is 1. The standard InChI is InChI=1S/C24H28N4O3S/c1-16-8-9-19-18(13-16)21(27-24(29)20-6-4-10-25-20)14-23(26-19)28-11-12-32(30,31)22-7-3-2-5-17(22)15-28/h2-3,5,7-9,13-14,20,25,30-31H,4,6,10-12,15H2,1H3,(H,26,27,29). The first-order chi connectivity index (χ1) is 15.4. The zero-order valence-corrected chi connectivity index (χ0v) is 18.9. The minimum atomic E-state index is -2.86. The molecule has 3 aromatic rings. The van der Waals surface area contributed by atoms with E-state index in [1.54, 1.807) is 6.07 Å². The highest BCUT2D eigenvalue weighted by Crippen LogP contribution is 2.51. The van der Waals surface area contributed by atoms with Crippen LogP contribution in [0.15, 0.2) is 53.4 Å². The summed E-state index contributed by atoms with van der Waals surface area (Å²) in [5, 5.41) is 7.28. The first-order valence-corrected chi connectivity index (χ1v) is 12.7. The molecular formula is C24H28N4O3S. The number of hydrogen-bond donors (Lipinski definition) is 4. The molecule has 168 valence electrons. The van der Waals surface area contributed by atoms with E-state index < -0.39 is 10.6 Å². The van der Waals surface area contributed by atoms with Crippen LogP contribution in [0.3, 0.4) is 0 Å². The summed E-state index contributed by atoms with van der Waals surface area (Å²) < 4.78 is 21.4. The van der Waals surface area contributed by atoms with Crippen molar-refractivity contribution in [1.82, 2.24) is 10.3 Å². The summed E-state index contributed by atoms with van der Waals surface area (Å²) in [5.74, 6) is 0.923. The van der Waals surface area contributed by atoms with Crippen LogP contribution in [0.4, 0.5) is 11.5 Å². The number of fused-ring (bicyclic) bond motifs is 2. The zero-order chi connectivity index (χ0) is 22.3. The van der Waals surface area contributed by atoms with E-state index in [1.807, 2.05) is 49.4 Å². The quantitative estimate of drug-likeness (QED) is 0.471. The zero-order valence-electron chi connectivity index (χ0n) is 18.0. The maximum Gasteiger partial charge on any atom is 0.241 e. The molecule has 1 unspecified atom stereocenters. The van der Waals surface area contributed by atoms with Gasteiger partial charge in [0.25, 0.3) is 0 Å². The van der Waals surface area contributed by atoms with Crippen molar-refractivity contribution < 1.29 is 13.9 Å². The molecule has 32 heavy (non-hydrogen) atoms. The topological polar surface area (TPSA) is 97.7 Å². The average Bonchev–Trinajstić information content (AvgIpc) is 3.28. The number of amides is 1. The molecule has 1 aromatic heterocycles. The Kier molecular flexibility index (Phi) is 5.54. The summed E-state index contributed by atoms with van der Waals surface area (Å²) in [7, 11) is -2.86. The molecule has 2 aliphatic rings. The van der Waals surface area contributed by atoms with Gasteiger partial charge in [-0.15, -0.1) is 0 Å². The lowest BCUT2D eigenvalue weighted by Gasteiger charge is -2.32. The third kappa shape index (κ3) is 4.06. The number of pyridine rings is 1. The van der Waals surface area contributed by atoms with E-state index in [0.29, 0.717) is 23.8 Å². The van der Waals surface area contributed by atoms with Gasteiger partial charge in [0.2, 0.25) is 5.91 Å². The van der Waals surface area contributed by atoms with E-state index in [2.05, 4.69) is 15.5 Å². The largest absolute Gasteiger partial charge is 0.351 e. The molecule has 5 rings (SSSR count). The Morgan fingerprint density at radius 2 is 2.06 bits per heavy atom. The molecule has 1 amide bonds. The molecule has 7 nitrogen and oxygen atoms in total. The number of benzene rings is 2. The van der Waals surface area contributed by atoms with Gasteiger partial charge in [-0.1, -0.05) is 29.8 Å². The molecule has 1 fully saturated rings. The van der Waals surface area contributed by atoms with Gasteiger partial charge in [-0.25, -0.2) is 4.98 Å². The van der Waals surface area contributed by atoms with Crippen LogP contribution in [0.2, 0.25) is 0 Å². The summed E-state index contributed by atoms with van der Waals surface area (Å²) in [6.45, 7) is 3.86. The molecule has 0 aliphatic carbocycles. The Labute approximate surface area is 189 Å². The second-order valence-electron chi connectivity index (χ2n) is 8.59. The maximum absolute atomic E-state index is 12.9. The van der Waals surface area contributed by atoms with Crippen LogP contribution in [0.5, 0.6) is 0 Å². The SMILES string of the molecule is Cc1ccc2nc(N3CCS(O)(O)c4ccccc4C3)cc(NC(=O)C3CCCN3)c2c1. The first kappa shape index (κ1) is 21.2. The molecule has 0 spiro atoms. The molecule has 1 atom stereocenters. The first-order valence-electron chi connectivity index (χ1n) is 11.0. The Morgan fingerprint density at radius 3 is 2.88 bits per heavy atom. The molecule has 1 saturated heterocycles. The average molecular weight is 453 g/mol. The lowest BCUT2D eigenvalue weighted by molar-refractivity contribution is -0.117. The van der Waals surface area contributed by atoms with Gasteiger partial charge in [-0.05, 0) is 50.1 Å². The Bertz CT molecular complexity index is 1180. The van der Waals surface area contributed by atoms with Gasteiger partial charge in [0.05, 0.1) is 27.9 Å². The third-order valence-corrected chi connectivity index (χ3v) is 8.10. The lowest BCUT2D eigenvalue weighted by Crippen LogP contribution is -2.35. The van der Waals surface area contributed by atoms with Gasteiger partial charge in [0.15, 0.2) is 0 Å². The Morgan fingerprint density at radius 1 is 1.22 bits per heavy atom. The van der Waals surface area contributed by atoms with Gasteiger partial charge >= 0.3 is 0 Å². The summed E-state index contributed by atoms with van der Waals surface area (Å²) in [6, 6.07) is 15.2. The van der Waals surface area contributed by atoms with Crippen molar-refractivity contribution in [1.29, 1.82) is 0 Å². The number of nitrogens with zero attached hydrogens (tertiary/aromatic N) is 2. The second-order valence-corrected chi connectivity index (χ2v) is 10.8. The highest BCUT2D eigenvalue weighted by Gasteiger charge is 2.27. The molecule has 2 aromatic carbocycles. The molecule has 0 bridgehead atoms. The van der Waals surface area contributed by atoms with Crippen molar-refractivity contribution in [3.63, 3.8) is 0 Å². The number of carbonyl (C=O) groups is 1. The lowest BCUT2D eigenvalue weighted by atomic mass is 10.1. The van der Waals surface area contributed by atoms with E-state index in [9.17, 15) is 13.9 Å². The fourth-order valence-electron chi connectivity index (χ4n) is 4.50. The van der Waals surface area contributed by atoms with E-state index in [1.165, 1.54) is 0 Å². The van der Waals surface area contributed by atoms with Crippen molar-refractivity contribution >= 4 is 38.9 Å². The van der Waals surface area contributed by atoms with Crippen LogP contribution in [-0.2, 0) is 11.3 Å². The summed E-state index contributed by atoms with van der Waals surface area (Å²) in [4.78, 5) is 20.4. The van der Waals surface area contributed by atoms with E-state index in [-0.39, 0.29) is 17.7 Å². The number of carbonyl (C=O) groups excluding carboxylic acids is 1. The number of anilines is 2. The van der Waals surface area contributed by atoms with Gasteiger partial charge in [0.1, 0.15) is 5.82 Å². The smallest absolute Gasteiger partial charge is 0.241 e. The summed E-state index contributed by atoms with van der Waals surface area (Å²) >= 11 is 0. The van der Waals surface area contributed by atoms with Crippen LogP contribution in [0, 0.1) is 6.92 Å². The molecule has 4 N–H and O–H groups in total. The predicted molar refractivity (Wildman–Crippen MR) is 130 cm³/mol. The number of rotatable bonds is 3. The molecule has 8 heteroatoms. The fraction of sp³-hybridized carbons (Fsp3) is 0.333. The van der Waals surface area contributed by atoms with Crippen LogP contribution in [-0.4, -0.2) is 44.9 Å². The van der Waals surface area contributed by atoms with Crippen LogP contribution >= 0.6 is 10.6 Å². The van der Waals surface area contributed by atoms with E-state index >= 15 is 0 Å². The van der Waals surface area contributed by atoms with Crippen molar-refractivity contribution in [2.75, 3.05) is 29.1 Å². The van der Waals surface area contributed by atoms with Gasteiger partial charge in [-0.3, -0.25) is 13.9 Å². The number of nitrogens with one attached hydrogen (secondary N) is 2. The van der Waals surface area contributed by atoms with Crippen molar-refractivity contribution in [2.24, 2.45) is 0 Å². The van der Waals surface area contributed by atoms with Gasteiger partial charge in [-0.2, -0.15) is 10.6 Å². The summed E-state index contributed by atoms with van der Waals surface area (Å²) in [5.41, 5.74) is 3.51. The minimum absolute atomic E-state index is 0.0298. The Hall–Kier alpha value is -2.65. The normalized spacial score (nSPS) is 21.1. The highest BCUT2D eigenvalue weighted by molar-refractivity contribution is 8.24. The monoisotopic (exact) mass is 452 g/mol. The van der Waals surface area contributed by atoms with Crippen molar-refractivity contribution in [3.05, 3.63) is 59.7 Å². The minimum Gasteiger partial charge on any atom is -0.351 e. The van der Waals surface area contributed by atoms with Crippen LogP contribution in [0.1, 0.15) is 24.0 Å². The molecule has 2 aliphatic heterocycles. The maximum atomic E-state index is 12.9. The second kappa shape index (κ2) is 8.37. The van der Waals surface area contributed by atoms with Gasteiger partial charge < -0.3 is 15.5 Å². The van der Waals surface area contributed by atoms with Crippen LogP contribution < -0.4 is 15.5 Å². The van der Waals surface area contributed by atoms with Crippen LogP contribution in [0.25, 0.3) is 10.9 Å². The Balaban J connectivity index is 1.54. The highest BCUT2D eigenvalue weighted by atomic mass is 32.3. The molecular weight excluding hydrogens is 424 g/mol. The molecule has 0 radical (unpaired) electrons. The van der Waals surface area contributed by atoms with Gasteiger partial charge in [0, 0.05) is 24.5 Å². The number of hydrogen-bond acceptors (Lipinski definition) is 6. The third-order valence-electron chi connectivity index (χ3n) is 6.24. The summed E-state index contributed by atoms with van der Waals surface area (Å²) in [6.07, 6.45) is 1.83. The van der Waals surface area contributed by atoms with E-state index in [4.69, 9.17) is 4.98 Å². The predicted octanol–water partition coefficient (Wildman–Crippen LogP) is 4.36. The molecule has 0 saturated carbocycles. The number of aryl methyl sites for hydroxylation is 1. The van der Waals surface area contributed by atoms with Crippen molar-refractivity contribution in [2.45, 2.75) is 37.2 Å².